The quantitative estimate of drug-likeness (QED) is 0.169. The Morgan fingerprint density at radius 3 is 2.19 bits per heavy atom. The summed E-state index contributed by atoms with van der Waals surface area (Å²) in [4.78, 5) is 12.8. The number of hydrogen-bond acceptors (Lipinski definition) is 14. The van der Waals surface area contributed by atoms with Crippen LogP contribution in [0.5, 0.6) is 17.2 Å². The van der Waals surface area contributed by atoms with Crippen molar-refractivity contribution >= 4 is 11.0 Å². The zero-order valence-electron chi connectivity index (χ0n) is 23.2. The first-order chi connectivity index (χ1) is 20.4. The minimum atomic E-state index is -1.77. The van der Waals surface area contributed by atoms with Crippen molar-refractivity contribution in [3.8, 4) is 28.6 Å². The maximum absolute atomic E-state index is 12.8. The largest absolute Gasteiger partial charge is 0.508 e. The highest BCUT2D eigenvalue weighted by atomic mass is 16.7. The monoisotopic (exact) mass is 606 g/mol. The second kappa shape index (κ2) is 12.4. The molecule has 1 aromatic heterocycles. The van der Waals surface area contributed by atoms with Gasteiger partial charge in [-0.15, -0.1) is 0 Å². The molecule has 2 aliphatic heterocycles. The van der Waals surface area contributed by atoms with Gasteiger partial charge in [-0.1, -0.05) is 19.1 Å². The Morgan fingerprint density at radius 1 is 0.791 bits per heavy atom. The van der Waals surface area contributed by atoms with E-state index in [4.69, 9.17) is 23.4 Å². The van der Waals surface area contributed by atoms with Crippen molar-refractivity contribution in [2.45, 2.75) is 81.7 Å². The van der Waals surface area contributed by atoms with Gasteiger partial charge in [0.2, 0.25) is 6.29 Å². The van der Waals surface area contributed by atoms with Crippen molar-refractivity contribution in [3.63, 3.8) is 0 Å². The summed E-state index contributed by atoms with van der Waals surface area (Å²) in [7, 11) is 0. The van der Waals surface area contributed by atoms with Gasteiger partial charge in [-0.2, -0.15) is 0 Å². The van der Waals surface area contributed by atoms with Crippen LogP contribution < -0.4 is 10.2 Å². The molecule has 0 bridgehead atoms. The van der Waals surface area contributed by atoms with Crippen LogP contribution in [-0.4, -0.2) is 109 Å². The van der Waals surface area contributed by atoms with Gasteiger partial charge in [-0.25, -0.2) is 0 Å². The molecule has 10 atom stereocenters. The number of rotatable bonds is 7. The van der Waals surface area contributed by atoms with Crippen molar-refractivity contribution in [3.05, 3.63) is 52.2 Å². The summed E-state index contributed by atoms with van der Waals surface area (Å²) in [6, 6.07) is 8.34. The van der Waals surface area contributed by atoms with E-state index in [1.807, 2.05) is 6.92 Å². The lowest BCUT2D eigenvalue weighted by Gasteiger charge is -2.42. The number of phenols is 2. The Kier molecular flexibility index (Phi) is 8.94. The lowest BCUT2D eigenvalue weighted by atomic mass is 9.98. The van der Waals surface area contributed by atoms with E-state index in [-0.39, 0.29) is 28.2 Å². The number of benzene rings is 2. The third-order valence-corrected chi connectivity index (χ3v) is 7.69. The molecule has 2 aromatic carbocycles. The summed E-state index contributed by atoms with van der Waals surface area (Å²) in [6.45, 7) is 2.85. The van der Waals surface area contributed by atoms with Crippen molar-refractivity contribution in [2.24, 2.45) is 0 Å². The number of fused-ring (bicyclic) bond motifs is 1. The molecule has 3 heterocycles. The van der Waals surface area contributed by atoms with E-state index in [1.54, 1.807) is 12.1 Å². The van der Waals surface area contributed by atoms with E-state index in [1.165, 1.54) is 25.1 Å². The van der Waals surface area contributed by atoms with Crippen molar-refractivity contribution < 1.29 is 64.2 Å². The highest BCUT2D eigenvalue weighted by Gasteiger charge is 2.47. The van der Waals surface area contributed by atoms with Crippen LogP contribution in [0.4, 0.5) is 0 Å². The number of aliphatic hydroxyl groups is 6. The maximum atomic E-state index is 12.8. The predicted molar refractivity (Wildman–Crippen MR) is 146 cm³/mol. The topological polar surface area (TPSA) is 229 Å². The summed E-state index contributed by atoms with van der Waals surface area (Å²) in [5.41, 5.74) is 0.466. The third kappa shape index (κ3) is 6.06. The highest BCUT2D eigenvalue weighted by molar-refractivity contribution is 5.86. The van der Waals surface area contributed by atoms with Gasteiger partial charge in [-0.05, 0) is 25.0 Å². The molecule has 5 rings (SSSR count). The van der Waals surface area contributed by atoms with E-state index in [0.29, 0.717) is 17.5 Å². The molecule has 0 spiro atoms. The van der Waals surface area contributed by atoms with Crippen LogP contribution in [0.25, 0.3) is 22.3 Å². The van der Waals surface area contributed by atoms with Gasteiger partial charge in [0.15, 0.2) is 11.7 Å². The zero-order valence-corrected chi connectivity index (χ0v) is 23.2. The molecule has 0 aliphatic carbocycles. The molecule has 2 aliphatic rings. The van der Waals surface area contributed by atoms with Crippen molar-refractivity contribution in [1.29, 1.82) is 0 Å². The lowest BCUT2D eigenvalue weighted by molar-refractivity contribution is -0.318. The Morgan fingerprint density at radius 2 is 1.49 bits per heavy atom. The Bertz CT molecular complexity index is 1510. The molecule has 0 amide bonds. The number of phenolic OH excluding ortho intramolecular Hbond substituents is 2. The fraction of sp³-hybridized carbons (Fsp3) is 0.483. The summed E-state index contributed by atoms with van der Waals surface area (Å²) in [5, 5.41) is 82.2. The summed E-state index contributed by atoms with van der Waals surface area (Å²) < 4.78 is 28.0. The number of aryl methyl sites for hydroxylation is 1. The van der Waals surface area contributed by atoms with Crippen LogP contribution in [0, 0.1) is 0 Å². The molecule has 3 aromatic rings. The molecular weight excluding hydrogens is 572 g/mol. The number of ether oxygens (including phenoxy) is 4. The fourth-order valence-electron chi connectivity index (χ4n) is 5.10. The molecule has 0 radical (unpaired) electrons. The van der Waals surface area contributed by atoms with Gasteiger partial charge in [0, 0.05) is 23.8 Å². The molecule has 8 N–H and O–H groups in total. The number of aliphatic hydroxyl groups excluding tert-OH is 6. The van der Waals surface area contributed by atoms with Crippen LogP contribution in [0.1, 0.15) is 19.4 Å². The molecular formula is C29H34O14. The van der Waals surface area contributed by atoms with E-state index in [0.717, 1.165) is 6.07 Å². The molecule has 0 saturated carbocycles. The average molecular weight is 607 g/mol. The smallest absolute Gasteiger partial charge is 0.229 e. The summed E-state index contributed by atoms with van der Waals surface area (Å²) >= 11 is 0. The average Bonchev–Trinajstić information content (AvgIpc) is 2.97. The second-order valence-corrected chi connectivity index (χ2v) is 10.6. The van der Waals surface area contributed by atoms with Gasteiger partial charge in [-0.3, -0.25) is 4.79 Å². The molecule has 2 saturated heterocycles. The lowest BCUT2D eigenvalue weighted by Crippen LogP contribution is -2.61. The molecule has 0 unspecified atom stereocenters. The van der Waals surface area contributed by atoms with Gasteiger partial charge >= 0.3 is 0 Å². The molecule has 14 nitrogen and oxygen atoms in total. The van der Waals surface area contributed by atoms with Gasteiger partial charge in [0.1, 0.15) is 76.7 Å². The molecule has 43 heavy (non-hydrogen) atoms. The van der Waals surface area contributed by atoms with Gasteiger partial charge in [0.05, 0.1) is 12.7 Å². The normalized spacial score (nSPS) is 33.0. The standard InChI is InChI=1S/C29H34O14/c1-3-12-4-5-13(6-15(12)30)18-9-17(32)21-16(31)7-14(8-19(21)42-18)41-29-27(38)25(36)23(34)20(43-29)10-39-28-26(37)24(35)22(33)11(2)40-28/h4-9,11,20,22-31,33-38H,3,10H2,1-2H3/t11-,20+,22-,23+,24+,25-,26+,27+,28+,29+/m0/s1. The number of hydrogen-bond donors (Lipinski definition) is 8. The maximum Gasteiger partial charge on any atom is 0.229 e. The van der Waals surface area contributed by atoms with Crippen LogP contribution in [0.3, 0.4) is 0 Å². The number of aromatic hydroxyl groups is 2. The first-order valence-corrected chi connectivity index (χ1v) is 13.7. The third-order valence-electron chi connectivity index (χ3n) is 7.69. The highest BCUT2D eigenvalue weighted by Crippen LogP contribution is 2.34. The predicted octanol–water partition coefficient (Wildman–Crippen LogP) is -0.536. The Balaban J connectivity index is 1.36. The Hall–Kier alpha value is -3.31. The van der Waals surface area contributed by atoms with E-state index in [2.05, 4.69) is 0 Å². The van der Waals surface area contributed by atoms with E-state index in [9.17, 15) is 45.6 Å². The zero-order chi connectivity index (χ0) is 31.2. The van der Waals surface area contributed by atoms with E-state index < -0.39 is 79.2 Å². The summed E-state index contributed by atoms with van der Waals surface area (Å²) in [6.07, 6.45) is -14.4. The Labute approximate surface area is 244 Å². The first-order valence-electron chi connectivity index (χ1n) is 13.7. The van der Waals surface area contributed by atoms with Crippen LogP contribution in [0.2, 0.25) is 0 Å². The first kappa shape index (κ1) is 31.1. The SMILES string of the molecule is CCc1ccc(-c2cc(=O)c3c(O)cc(O[C@@H]4O[C@H](CO[C@@H]5O[C@@H](C)[C@H](O)[C@@H](O)[C@H]5O)[C@@H](O)[C@H](O)[C@H]4O)cc3o2)cc1O. The van der Waals surface area contributed by atoms with Crippen LogP contribution >= 0.6 is 0 Å². The summed E-state index contributed by atoms with van der Waals surface area (Å²) in [5.74, 6) is -0.492. The van der Waals surface area contributed by atoms with Crippen molar-refractivity contribution in [2.75, 3.05) is 6.61 Å². The van der Waals surface area contributed by atoms with Crippen LogP contribution in [-0.2, 0) is 20.6 Å². The van der Waals surface area contributed by atoms with Gasteiger partial charge < -0.3 is 64.2 Å². The van der Waals surface area contributed by atoms with Crippen LogP contribution in [0.15, 0.2) is 45.6 Å². The second-order valence-electron chi connectivity index (χ2n) is 10.6. The molecule has 234 valence electrons. The van der Waals surface area contributed by atoms with Gasteiger partial charge in [0.25, 0.3) is 0 Å². The molecule has 2 fully saturated rings. The molecule has 14 heteroatoms. The van der Waals surface area contributed by atoms with Crippen molar-refractivity contribution in [1.82, 2.24) is 0 Å². The minimum absolute atomic E-state index is 0.0261. The van der Waals surface area contributed by atoms with E-state index >= 15 is 0 Å². The minimum Gasteiger partial charge on any atom is -0.508 e. The fourth-order valence-corrected chi connectivity index (χ4v) is 5.10.